The smallest absolute Gasteiger partial charge is 0.246 e. The first-order chi connectivity index (χ1) is 15.8. The number of amides is 1. The molecule has 0 radical (unpaired) electrons. The van der Waals surface area contributed by atoms with E-state index in [0.29, 0.717) is 36.6 Å². The first kappa shape index (κ1) is 23.4. The van der Waals surface area contributed by atoms with Crippen LogP contribution in [0.3, 0.4) is 0 Å². The number of fused-ring (bicyclic) bond motifs is 1. The van der Waals surface area contributed by atoms with Gasteiger partial charge in [-0.25, -0.2) is 12.7 Å². The number of benzene rings is 2. The Balaban J connectivity index is 1.69. The molecule has 1 saturated carbocycles. The van der Waals surface area contributed by atoms with Crippen molar-refractivity contribution < 1.29 is 27.4 Å². The fourth-order valence-electron chi connectivity index (χ4n) is 4.51. The molecule has 4 rings (SSSR count). The van der Waals surface area contributed by atoms with Crippen molar-refractivity contribution in [3.8, 4) is 17.2 Å². The van der Waals surface area contributed by atoms with Crippen molar-refractivity contribution in [2.24, 2.45) is 0 Å². The fourth-order valence-corrected chi connectivity index (χ4v) is 5.56. The molecule has 0 unspecified atom stereocenters. The lowest BCUT2D eigenvalue weighted by Crippen LogP contribution is -2.42. The maximum atomic E-state index is 13.7. The van der Waals surface area contributed by atoms with Crippen molar-refractivity contribution >= 4 is 21.6 Å². The number of sulfonamides is 1. The maximum absolute atomic E-state index is 13.7. The molecule has 0 spiro atoms. The van der Waals surface area contributed by atoms with Gasteiger partial charge >= 0.3 is 0 Å². The summed E-state index contributed by atoms with van der Waals surface area (Å²) in [7, 11) is -0.830. The normalized spacial score (nSPS) is 17.1. The monoisotopic (exact) mass is 474 g/mol. The second-order valence-corrected chi connectivity index (χ2v) is 10.7. The van der Waals surface area contributed by atoms with E-state index >= 15 is 0 Å². The molecule has 2 aromatic rings. The lowest BCUT2D eigenvalue weighted by atomic mass is 9.68. The van der Waals surface area contributed by atoms with Crippen molar-refractivity contribution in [1.82, 2.24) is 4.31 Å². The third kappa shape index (κ3) is 4.39. The van der Waals surface area contributed by atoms with E-state index in [0.717, 1.165) is 29.1 Å². The summed E-state index contributed by atoms with van der Waals surface area (Å²) in [6, 6.07) is 10.4. The lowest BCUT2D eigenvalue weighted by Gasteiger charge is -2.36. The summed E-state index contributed by atoms with van der Waals surface area (Å²) in [5, 5.41) is 2.99. The zero-order chi connectivity index (χ0) is 23.6. The van der Waals surface area contributed by atoms with Crippen LogP contribution in [0.4, 0.5) is 5.69 Å². The van der Waals surface area contributed by atoms with Crippen LogP contribution in [0.25, 0.3) is 0 Å². The Kier molecular flexibility index (Phi) is 6.54. The van der Waals surface area contributed by atoms with Crippen LogP contribution in [0.15, 0.2) is 41.3 Å². The van der Waals surface area contributed by atoms with Crippen LogP contribution in [0.2, 0.25) is 0 Å². The lowest BCUT2D eigenvalue weighted by molar-refractivity contribution is -0.122. The number of anilines is 1. The average Bonchev–Trinajstić information content (AvgIpc) is 3.28. The highest BCUT2D eigenvalue weighted by atomic mass is 32.2. The van der Waals surface area contributed by atoms with E-state index in [2.05, 4.69) is 5.32 Å². The molecule has 9 heteroatoms. The van der Waals surface area contributed by atoms with Gasteiger partial charge < -0.3 is 19.5 Å². The number of hydrogen-bond donors (Lipinski definition) is 1. The molecule has 1 heterocycles. The van der Waals surface area contributed by atoms with Gasteiger partial charge in [-0.2, -0.15) is 0 Å². The van der Waals surface area contributed by atoms with Gasteiger partial charge in [0.1, 0.15) is 10.6 Å². The van der Waals surface area contributed by atoms with Gasteiger partial charge in [0.2, 0.25) is 22.7 Å². The van der Waals surface area contributed by atoms with Crippen molar-refractivity contribution in [3.05, 3.63) is 42.0 Å². The highest BCUT2D eigenvalue weighted by Crippen LogP contribution is 2.44. The first-order valence-electron chi connectivity index (χ1n) is 11.2. The number of carbonyl (C=O) groups excluding carboxylic acids is 1. The van der Waals surface area contributed by atoms with Crippen LogP contribution in [-0.4, -0.2) is 46.1 Å². The van der Waals surface area contributed by atoms with Gasteiger partial charge in [0, 0.05) is 19.8 Å². The summed E-state index contributed by atoms with van der Waals surface area (Å²) in [6.45, 7) is 2.29. The molecule has 33 heavy (non-hydrogen) atoms. The van der Waals surface area contributed by atoms with Gasteiger partial charge in [-0.1, -0.05) is 25.3 Å². The second-order valence-electron chi connectivity index (χ2n) is 8.55. The van der Waals surface area contributed by atoms with E-state index in [4.69, 9.17) is 14.2 Å². The Hall–Kier alpha value is -2.78. The first-order valence-corrected chi connectivity index (χ1v) is 12.6. The second kappa shape index (κ2) is 9.23. The molecular weight excluding hydrogens is 444 g/mol. The highest BCUT2D eigenvalue weighted by molar-refractivity contribution is 7.89. The molecule has 1 aliphatic carbocycles. The van der Waals surface area contributed by atoms with Crippen LogP contribution in [-0.2, 0) is 20.2 Å². The van der Waals surface area contributed by atoms with Crippen molar-refractivity contribution in [3.63, 3.8) is 0 Å². The number of ether oxygens (including phenoxy) is 3. The van der Waals surface area contributed by atoms with E-state index in [1.807, 2.05) is 18.2 Å². The molecule has 1 N–H and O–H groups in total. The Labute approximate surface area is 194 Å². The molecule has 2 aromatic carbocycles. The topological polar surface area (TPSA) is 94.2 Å². The summed E-state index contributed by atoms with van der Waals surface area (Å²) < 4.78 is 43.4. The predicted molar refractivity (Wildman–Crippen MR) is 124 cm³/mol. The van der Waals surface area contributed by atoms with Crippen LogP contribution < -0.4 is 19.5 Å². The van der Waals surface area contributed by atoms with E-state index in [9.17, 15) is 13.2 Å². The standard InChI is InChI=1S/C24H30N2O6S/c1-4-30-20-11-9-18(15-22(20)33(28,29)26(2)3)25-23(27)24(12-6-5-7-13-24)17-8-10-19-21(14-17)32-16-31-19/h8-11,14-15H,4-7,12-13,16H2,1-3H3,(H,25,27). The number of rotatable bonds is 7. The van der Waals surface area contributed by atoms with Crippen molar-refractivity contribution in [1.29, 1.82) is 0 Å². The Morgan fingerprint density at radius 3 is 2.48 bits per heavy atom. The van der Waals surface area contributed by atoms with Crippen molar-refractivity contribution in [2.75, 3.05) is 32.8 Å². The zero-order valence-corrected chi connectivity index (χ0v) is 20.0. The molecular formula is C24H30N2O6S. The summed E-state index contributed by atoms with van der Waals surface area (Å²) in [5.41, 5.74) is 0.573. The van der Waals surface area contributed by atoms with Crippen LogP contribution >= 0.6 is 0 Å². The van der Waals surface area contributed by atoms with E-state index in [1.54, 1.807) is 19.1 Å². The molecule has 0 saturated heterocycles. The number of nitrogens with zero attached hydrogens (tertiary/aromatic N) is 1. The predicted octanol–water partition coefficient (Wildman–Crippen LogP) is 3.90. The SMILES string of the molecule is CCOc1ccc(NC(=O)C2(c3ccc4c(c3)OCO4)CCCCC2)cc1S(=O)(=O)N(C)C. The minimum Gasteiger partial charge on any atom is -0.492 e. The number of hydrogen-bond acceptors (Lipinski definition) is 6. The molecule has 8 nitrogen and oxygen atoms in total. The minimum atomic E-state index is -3.76. The third-order valence-electron chi connectivity index (χ3n) is 6.33. The number of carbonyl (C=O) groups is 1. The van der Waals surface area contributed by atoms with E-state index in [1.165, 1.54) is 20.2 Å². The minimum absolute atomic E-state index is 0.0212. The van der Waals surface area contributed by atoms with Gasteiger partial charge in [-0.15, -0.1) is 0 Å². The van der Waals surface area contributed by atoms with Gasteiger partial charge in [0.15, 0.2) is 11.5 Å². The van der Waals surface area contributed by atoms with E-state index < -0.39 is 15.4 Å². The largest absolute Gasteiger partial charge is 0.492 e. The Bertz CT molecular complexity index is 1140. The van der Waals surface area contributed by atoms with Gasteiger partial charge in [-0.05, 0) is 55.7 Å². The number of nitrogens with one attached hydrogen (secondary N) is 1. The molecule has 1 amide bonds. The summed E-state index contributed by atoms with van der Waals surface area (Å²) in [5.74, 6) is 1.42. The van der Waals surface area contributed by atoms with Crippen molar-refractivity contribution in [2.45, 2.75) is 49.3 Å². The third-order valence-corrected chi connectivity index (χ3v) is 8.16. The van der Waals surface area contributed by atoms with Crippen LogP contribution in [0.5, 0.6) is 17.2 Å². The van der Waals surface area contributed by atoms with Gasteiger partial charge in [-0.3, -0.25) is 4.79 Å². The molecule has 0 aromatic heterocycles. The summed E-state index contributed by atoms with van der Waals surface area (Å²) in [4.78, 5) is 13.7. The Morgan fingerprint density at radius 1 is 1.06 bits per heavy atom. The van der Waals surface area contributed by atoms with Gasteiger partial charge in [0.05, 0.1) is 12.0 Å². The quantitative estimate of drug-likeness (QED) is 0.654. The summed E-state index contributed by atoms with van der Waals surface area (Å²) in [6.07, 6.45) is 4.36. The average molecular weight is 475 g/mol. The fraction of sp³-hybridized carbons (Fsp3) is 0.458. The molecule has 0 atom stereocenters. The molecule has 0 bridgehead atoms. The summed E-state index contributed by atoms with van der Waals surface area (Å²) >= 11 is 0. The zero-order valence-electron chi connectivity index (χ0n) is 19.2. The molecule has 1 fully saturated rings. The Morgan fingerprint density at radius 2 is 1.79 bits per heavy atom. The maximum Gasteiger partial charge on any atom is 0.246 e. The van der Waals surface area contributed by atoms with Crippen LogP contribution in [0.1, 0.15) is 44.6 Å². The highest BCUT2D eigenvalue weighted by Gasteiger charge is 2.42. The van der Waals surface area contributed by atoms with Gasteiger partial charge in [0.25, 0.3) is 0 Å². The molecule has 1 aliphatic heterocycles. The molecule has 178 valence electrons. The molecule has 2 aliphatic rings. The van der Waals surface area contributed by atoms with Crippen LogP contribution in [0, 0.1) is 0 Å². The van der Waals surface area contributed by atoms with E-state index in [-0.39, 0.29) is 23.3 Å².